The molecule has 0 atom stereocenters. The van der Waals surface area contributed by atoms with Crippen molar-refractivity contribution in [3.8, 4) is 17.2 Å². The number of halogens is 1. The van der Waals surface area contributed by atoms with E-state index in [0.717, 1.165) is 33.6 Å². The van der Waals surface area contributed by atoms with E-state index in [1.807, 2.05) is 47.9 Å². The first-order valence-corrected chi connectivity index (χ1v) is 11.1. The molecule has 3 aromatic carbocycles. The molecule has 6 heteroatoms. The zero-order valence-electron chi connectivity index (χ0n) is 19.4. The molecule has 0 aliphatic carbocycles. The van der Waals surface area contributed by atoms with E-state index in [2.05, 4.69) is 0 Å². The summed E-state index contributed by atoms with van der Waals surface area (Å²) in [5.74, 6) is 0.888. The molecule has 0 bridgehead atoms. The smallest absolute Gasteiger partial charge is 0.189 e. The Morgan fingerprint density at radius 1 is 0.941 bits per heavy atom. The van der Waals surface area contributed by atoms with Crippen LogP contribution in [0.2, 0.25) is 5.02 Å². The Hall–Kier alpha value is -3.83. The fraction of sp³-hybridized carbons (Fsp3) is 0.143. The van der Waals surface area contributed by atoms with Crippen LogP contribution in [0.1, 0.15) is 38.9 Å². The third kappa shape index (κ3) is 4.35. The fourth-order valence-corrected chi connectivity index (χ4v) is 4.27. The van der Waals surface area contributed by atoms with Crippen LogP contribution in [0.25, 0.3) is 22.7 Å². The molecule has 0 amide bonds. The Kier molecular flexibility index (Phi) is 6.57. The molecule has 0 unspecified atom stereocenters. The standard InChI is InChI=1S/C28H24ClNO4/c1-17-28(18(2)31)23-16-27(34-4)24(15-25(23)30(17)21-10-8-20(29)9-11-21)26(32)14-7-19-5-12-22(33-3)13-6-19/h5-16H,1-4H3/b14-7+. The molecule has 34 heavy (non-hydrogen) atoms. The van der Waals surface area contributed by atoms with Crippen molar-refractivity contribution in [3.05, 3.63) is 94.1 Å². The van der Waals surface area contributed by atoms with Crippen LogP contribution in [0.5, 0.6) is 11.5 Å². The molecule has 0 aliphatic heterocycles. The van der Waals surface area contributed by atoms with Crippen LogP contribution in [0.3, 0.4) is 0 Å². The maximum Gasteiger partial charge on any atom is 0.189 e. The number of methoxy groups -OCH3 is 2. The summed E-state index contributed by atoms with van der Waals surface area (Å²) in [5, 5.41) is 1.35. The Morgan fingerprint density at radius 2 is 1.62 bits per heavy atom. The minimum atomic E-state index is -0.208. The highest BCUT2D eigenvalue weighted by molar-refractivity contribution is 6.30. The Labute approximate surface area is 203 Å². The van der Waals surface area contributed by atoms with Crippen molar-refractivity contribution in [1.29, 1.82) is 0 Å². The highest BCUT2D eigenvalue weighted by Crippen LogP contribution is 2.35. The third-order valence-electron chi connectivity index (χ3n) is 5.77. The average molecular weight is 474 g/mol. The second-order valence-corrected chi connectivity index (χ2v) is 8.31. The molecule has 0 saturated heterocycles. The number of ketones is 2. The van der Waals surface area contributed by atoms with Crippen molar-refractivity contribution in [2.24, 2.45) is 0 Å². The van der Waals surface area contributed by atoms with Gasteiger partial charge in [0.15, 0.2) is 11.6 Å². The maximum atomic E-state index is 13.2. The quantitative estimate of drug-likeness (QED) is 0.221. The molecule has 0 fully saturated rings. The molecule has 172 valence electrons. The molecule has 0 saturated carbocycles. The van der Waals surface area contributed by atoms with E-state index in [4.69, 9.17) is 21.1 Å². The van der Waals surface area contributed by atoms with Crippen LogP contribution in [0, 0.1) is 6.92 Å². The molecular weight excluding hydrogens is 450 g/mol. The average Bonchev–Trinajstić information content (AvgIpc) is 3.13. The van der Waals surface area contributed by atoms with E-state index < -0.39 is 0 Å². The summed E-state index contributed by atoms with van der Waals surface area (Å²) in [6.45, 7) is 3.43. The largest absolute Gasteiger partial charge is 0.497 e. The first kappa shape index (κ1) is 23.3. The molecular formula is C28H24ClNO4. The number of benzene rings is 3. The Morgan fingerprint density at radius 3 is 2.21 bits per heavy atom. The van der Waals surface area contributed by atoms with Crippen molar-refractivity contribution < 1.29 is 19.1 Å². The van der Waals surface area contributed by atoms with Crippen LogP contribution in [-0.2, 0) is 0 Å². The van der Waals surface area contributed by atoms with Crippen molar-refractivity contribution >= 4 is 40.1 Å². The summed E-state index contributed by atoms with van der Waals surface area (Å²) in [6.07, 6.45) is 3.26. The van der Waals surface area contributed by atoms with Gasteiger partial charge >= 0.3 is 0 Å². The number of carbonyl (C=O) groups excluding carboxylic acids is 2. The number of nitrogens with zero attached hydrogens (tertiary/aromatic N) is 1. The highest BCUT2D eigenvalue weighted by Gasteiger charge is 2.22. The lowest BCUT2D eigenvalue weighted by Gasteiger charge is -2.11. The van der Waals surface area contributed by atoms with Crippen LogP contribution >= 0.6 is 11.6 Å². The first-order chi connectivity index (χ1) is 16.3. The number of carbonyl (C=O) groups is 2. The van der Waals surface area contributed by atoms with Gasteiger partial charge in [-0.3, -0.25) is 9.59 Å². The minimum absolute atomic E-state index is 0.0595. The lowest BCUT2D eigenvalue weighted by atomic mass is 10.0. The maximum absolute atomic E-state index is 13.2. The first-order valence-electron chi connectivity index (χ1n) is 10.7. The second-order valence-electron chi connectivity index (χ2n) is 7.87. The van der Waals surface area contributed by atoms with Gasteiger partial charge < -0.3 is 14.0 Å². The number of allylic oxidation sites excluding steroid dienone is 1. The number of aromatic nitrogens is 1. The zero-order chi connectivity index (χ0) is 24.4. The van der Waals surface area contributed by atoms with Crippen molar-refractivity contribution in [3.63, 3.8) is 0 Å². The van der Waals surface area contributed by atoms with E-state index in [1.165, 1.54) is 20.1 Å². The van der Waals surface area contributed by atoms with E-state index in [0.29, 0.717) is 21.9 Å². The van der Waals surface area contributed by atoms with Crippen molar-refractivity contribution in [1.82, 2.24) is 4.57 Å². The molecule has 4 rings (SSSR count). The molecule has 0 spiro atoms. The summed E-state index contributed by atoms with van der Waals surface area (Å²) >= 11 is 6.08. The van der Waals surface area contributed by atoms with Crippen molar-refractivity contribution in [2.75, 3.05) is 14.2 Å². The molecule has 1 heterocycles. The SMILES string of the molecule is COc1ccc(/C=C/C(=O)c2cc3c(cc2OC)c(C(C)=O)c(C)n3-c2ccc(Cl)cc2)cc1. The van der Waals surface area contributed by atoms with Gasteiger partial charge in [-0.25, -0.2) is 0 Å². The zero-order valence-corrected chi connectivity index (χ0v) is 20.1. The van der Waals surface area contributed by atoms with Crippen LogP contribution in [-0.4, -0.2) is 30.4 Å². The van der Waals surface area contributed by atoms with Gasteiger partial charge in [0.25, 0.3) is 0 Å². The molecule has 5 nitrogen and oxygen atoms in total. The number of rotatable bonds is 7. The van der Waals surface area contributed by atoms with Gasteiger partial charge in [-0.2, -0.15) is 0 Å². The lowest BCUT2D eigenvalue weighted by molar-refractivity contribution is 0.101. The number of fused-ring (bicyclic) bond motifs is 1. The van der Waals surface area contributed by atoms with E-state index >= 15 is 0 Å². The summed E-state index contributed by atoms with van der Waals surface area (Å²) in [4.78, 5) is 25.7. The van der Waals surface area contributed by atoms with Gasteiger partial charge in [0.2, 0.25) is 0 Å². The molecule has 1 aromatic heterocycles. The molecule has 0 radical (unpaired) electrons. The summed E-state index contributed by atoms with van der Waals surface area (Å²) < 4.78 is 12.7. The van der Waals surface area contributed by atoms with Crippen molar-refractivity contribution in [2.45, 2.75) is 13.8 Å². The lowest BCUT2D eigenvalue weighted by Crippen LogP contribution is -2.01. The number of ether oxygens (including phenoxy) is 2. The predicted molar refractivity (Wildman–Crippen MR) is 136 cm³/mol. The van der Waals surface area contributed by atoms with E-state index in [9.17, 15) is 9.59 Å². The van der Waals surface area contributed by atoms with Gasteiger partial charge in [-0.05, 0) is 74.0 Å². The monoisotopic (exact) mass is 473 g/mol. The third-order valence-corrected chi connectivity index (χ3v) is 6.02. The Bertz CT molecular complexity index is 1410. The van der Waals surface area contributed by atoms with Crippen LogP contribution in [0.4, 0.5) is 0 Å². The van der Waals surface area contributed by atoms with Gasteiger partial charge in [-0.15, -0.1) is 0 Å². The minimum Gasteiger partial charge on any atom is -0.497 e. The Balaban J connectivity index is 1.86. The molecule has 4 aromatic rings. The fourth-order valence-electron chi connectivity index (χ4n) is 4.15. The highest BCUT2D eigenvalue weighted by atomic mass is 35.5. The normalized spacial score (nSPS) is 11.2. The summed E-state index contributed by atoms with van der Waals surface area (Å²) in [6, 6.07) is 18.3. The van der Waals surface area contributed by atoms with Gasteiger partial charge in [0.1, 0.15) is 11.5 Å². The topological polar surface area (TPSA) is 57.5 Å². The van der Waals surface area contributed by atoms with Gasteiger partial charge in [-0.1, -0.05) is 29.8 Å². The second kappa shape index (κ2) is 9.57. The number of hydrogen-bond acceptors (Lipinski definition) is 4. The van der Waals surface area contributed by atoms with Gasteiger partial charge in [0, 0.05) is 27.4 Å². The molecule has 0 aliphatic rings. The van der Waals surface area contributed by atoms with Crippen LogP contribution in [0.15, 0.2) is 66.7 Å². The van der Waals surface area contributed by atoms with Gasteiger partial charge in [0.05, 0.1) is 25.3 Å². The van der Waals surface area contributed by atoms with E-state index in [1.54, 1.807) is 37.5 Å². The summed E-state index contributed by atoms with van der Waals surface area (Å²) in [7, 11) is 3.12. The number of hydrogen-bond donors (Lipinski definition) is 0. The summed E-state index contributed by atoms with van der Waals surface area (Å²) in [5.41, 5.74) is 4.24. The van der Waals surface area contributed by atoms with Crippen LogP contribution < -0.4 is 9.47 Å². The van der Waals surface area contributed by atoms with E-state index in [-0.39, 0.29) is 11.6 Å². The predicted octanol–water partition coefficient (Wildman–Crippen LogP) is 6.71. The number of Topliss-reactive ketones (excluding diaryl/α,β-unsaturated/α-hetero) is 1. The molecule has 0 N–H and O–H groups in total.